The van der Waals surface area contributed by atoms with E-state index in [0.717, 1.165) is 23.7 Å². The first-order valence-corrected chi connectivity index (χ1v) is 9.20. The van der Waals surface area contributed by atoms with Crippen molar-refractivity contribution in [2.24, 2.45) is 0 Å². The van der Waals surface area contributed by atoms with Gasteiger partial charge in [0, 0.05) is 17.0 Å². The van der Waals surface area contributed by atoms with E-state index in [9.17, 15) is 9.59 Å². The molecular weight excluding hydrogens is 376 g/mol. The average molecular weight is 397 g/mol. The molecule has 0 aliphatic heterocycles. The maximum atomic E-state index is 12.3. The normalized spacial score (nSPS) is 10.8. The molecule has 0 spiro atoms. The van der Waals surface area contributed by atoms with E-state index >= 15 is 0 Å². The van der Waals surface area contributed by atoms with Crippen LogP contribution in [0.5, 0.6) is 5.75 Å². The number of carbonyl (C=O) groups is 1. The predicted molar refractivity (Wildman–Crippen MR) is 96.3 cm³/mol. The Morgan fingerprint density at radius 2 is 2.08 bits per heavy atom. The van der Waals surface area contributed by atoms with E-state index in [-0.39, 0.29) is 17.8 Å². The van der Waals surface area contributed by atoms with Gasteiger partial charge in [0.05, 0.1) is 18.6 Å². The van der Waals surface area contributed by atoms with Gasteiger partial charge in [0.2, 0.25) is 5.76 Å². The zero-order valence-corrected chi connectivity index (χ0v) is 15.5. The van der Waals surface area contributed by atoms with Gasteiger partial charge in [-0.15, -0.1) is 0 Å². The van der Waals surface area contributed by atoms with Crippen LogP contribution in [0.25, 0.3) is 11.0 Å². The van der Waals surface area contributed by atoms with Crippen LogP contribution in [0.3, 0.4) is 0 Å². The molecule has 130 valence electrons. The van der Waals surface area contributed by atoms with Gasteiger partial charge in [-0.3, -0.25) is 4.79 Å². The van der Waals surface area contributed by atoms with Crippen molar-refractivity contribution in [2.45, 2.75) is 33.1 Å². The molecule has 2 rings (SSSR count). The van der Waals surface area contributed by atoms with E-state index in [0.29, 0.717) is 29.7 Å². The number of rotatable bonds is 8. The minimum atomic E-state index is -0.635. The number of benzene rings is 1. The first kappa shape index (κ1) is 18.5. The molecule has 0 atom stereocenters. The summed E-state index contributed by atoms with van der Waals surface area (Å²) in [7, 11) is 0. The van der Waals surface area contributed by atoms with Gasteiger partial charge in [-0.2, -0.15) is 0 Å². The maximum Gasteiger partial charge on any atom is 0.374 e. The third-order valence-corrected chi connectivity index (χ3v) is 4.03. The van der Waals surface area contributed by atoms with Crippen LogP contribution in [0.2, 0.25) is 0 Å². The number of fused-ring (bicyclic) bond motifs is 1. The van der Waals surface area contributed by atoms with E-state index in [1.54, 1.807) is 19.1 Å². The van der Waals surface area contributed by atoms with Crippen LogP contribution in [0.4, 0.5) is 0 Å². The van der Waals surface area contributed by atoms with Gasteiger partial charge in [0.15, 0.2) is 5.43 Å². The van der Waals surface area contributed by atoms with Crippen molar-refractivity contribution >= 4 is 32.9 Å². The number of aryl methyl sites for hydroxylation is 1. The van der Waals surface area contributed by atoms with E-state index in [4.69, 9.17) is 13.9 Å². The number of hydrogen-bond acceptors (Lipinski definition) is 5. The number of alkyl halides is 1. The van der Waals surface area contributed by atoms with Crippen molar-refractivity contribution in [3.8, 4) is 5.75 Å². The van der Waals surface area contributed by atoms with Crippen LogP contribution in [0, 0.1) is 0 Å². The molecule has 0 bridgehead atoms. The zero-order valence-electron chi connectivity index (χ0n) is 13.9. The molecule has 0 unspecified atom stereocenters. The van der Waals surface area contributed by atoms with Crippen LogP contribution < -0.4 is 10.2 Å². The number of halogens is 1. The van der Waals surface area contributed by atoms with Crippen LogP contribution >= 0.6 is 15.9 Å². The molecule has 24 heavy (non-hydrogen) atoms. The molecule has 5 nitrogen and oxygen atoms in total. The highest BCUT2D eigenvalue weighted by Gasteiger charge is 2.17. The minimum absolute atomic E-state index is 0.0793. The lowest BCUT2D eigenvalue weighted by molar-refractivity contribution is 0.0490. The summed E-state index contributed by atoms with van der Waals surface area (Å²) in [6.07, 6.45) is 2.42. The Morgan fingerprint density at radius 1 is 1.29 bits per heavy atom. The molecule has 2 aromatic rings. The van der Waals surface area contributed by atoms with Gasteiger partial charge < -0.3 is 13.9 Å². The fraction of sp³-hybridized carbons (Fsp3) is 0.444. The molecule has 0 aliphatic carbocycles. The third kappa shape index (κ3) is 4.17. The Kier molecular flexibility index (Phi) is 6.85. The number of ether oxygens (including phenoxy) is 2. The second-order valence-corrected chi connectivity index (χ2v) is 6.05. The Morgan fingerprint density at radius 3 is 2.75 bits per heavy atom. The molecule has 1 aromatic carbocycles. The molecule has 6 heteroatoms. The Labute approximate surface area is 149 Å². The molecular formula is C18H21BrO5. The second-order valence-electron chi connectivity index (χ2n) is 5.26. The van der Waals surface area contributed by atoms with Gasteiger partial charge in [0.25, 0.3) is 0 Å². The first-order valence-electron chi connectivity index (χ1n) is 8.08. The highest BCUT2D eigenvalue weighted by atomic mass is 79.9. The fourth-order valence-corrected chi connectivity index (χ4v) is 2.65. The molecule has 0 saturated carbocycles. The summed E-state index contributed by atoms with van der Waals surface area (Å²) in [4.78, 5) is 24.2. The van der Waals surface area contributed by atoms with Crippen LogP contribution in [0.15, 0.2) is 27.4 Å². The van der Waals surface area contributed by atoms with E-state index in [2.05, 4.69) is 15.9 Å². The predicted octanol–water partition coefficient (Wildman–Crippen LogP) is 4.09. The molecule has 1 heterocycles. The molecule has 0 aliphatic rings. The van der Waals surface area contributed by atoms with Crippen molar-refractivity contribution in [3.63, 3.8) is 0 Å². The summed E-state index contributed by atoms with van der Waals surface area (Å²) < 4.78 is 16.5. The summed E-state index contributed by atoms with van der Waals surface area (Å²) in [6.45, 7) is 4.52. The van der Waals surface area contributed by atoms with Gasteiger partial charge in [0.1, 0.15) is 11.3 Å². The van der Waals surface area contributed by atoms with Gasteiger partial charge in [-0.25, -0.2) is 4.79 Å². The molecule has 0 radical (unpaired) electrons. The molecule has 0 fully saturated rings. The van der Waals surface area contributed by atoms with Crippen LogP contribution in [-0.2, 0) is 11.2 Å². The summed E-state index contributed by atoms with van der Waals surface area (Å²) >= 11 is 3.37. The maximum absolute atomic E-state index is 12.3. The van der Waals surface area contributed by atoms with Crippen molar-refractivity contribution in [3.05, 3.63) is 39.7 Å². The number of esters is 1. The van der Waals surface area contributed by atoms with E-state index < -0.39 is 5.97 Å². The smallest absolute Gasteiger partial charge is 0.374 e. The Bertz CT molecular complexity index is 766. The SMILES string of the molecule is CCCc1c(OCCCBr)ccc2c(=O)cc(C(=O)OCC)oc12. The summed E-state index contributed by atoms with van der Waals surface area (Å²) in [6, 6.07) is 4.66. The van der Waals surface area contributed by atoms with Crippen molar-refractivity contribution < 1.29 is 18.7 Å². The second kappa shape index (κ2) is 8.87. The summed E-state index contributed by atoms with van der Waals surface area (Å²) in [5.41, 5.74) is 0.959. The van der Waals surface area contributed by atoms with Crippen molar-refractivity contribution in [1.82, 2.24) is 0 Å². The monoisotopic (exact) mass is 396 g/mol. The quantitative estimate of drug-likeness (QED) is 0.382. The van der Waals surface area contributed by atoms with Crippen molar-refractivity contribution in [2.75, 3.05) is 18.5 Å². The van der Waals surface area contributed by atoms with E-state index in [1.807, 2.05) is 6.92 Å². The lowest BCUT2D eigenvalue weighted by Gasteiger charge is -2.13. The zero-order chi connectivity index (χ0) is 17.5. The van der Waals surface area contributed by atoms with Gasteiger partial charge in [-0.05, 0) is 31.9 Å². The van der Waals surface area contributed by atoms with Crippen LogP contribution in [0.1, 0.15) is 42.8 Å². The van der Waals surface area contributed by atoms with Gasteiger partial charge in [-0.1, -0.05) is 29.3 Å². The lowest BCUT2D eigenvalue weighted by atomic mass is 10.0. The molecule has 1 aromatic heterocycles. The lowest BCUT2D eigenvalue weighted by Crippen LogP contribution is -2.11. The Balaban J connectivity index is 2.56. The standard InChI is InChI=1S/C18H21BrO5/c1-3-6-13-15(23-10-5-9-19)8-7-12-14(20)11-16(24-17(12)13)18(21)22-4-2/h7-8,11H,3-6,9-10H2,1-2H3. The van der Waals surface area contributed by atoms with Gasteiger partial charge >= 0.3 is 5.97 Å². The Hall–Kier alpha value is -1.82. The van der Waals surface area contributed by atoms with Crippen LogP contribution in [-0.4, -0.2) is 24.5 Å². The molecule has 0 amide bonds. The fourth-order valence-electron chi connectivity index (χ4n) is 2.42. The highest BCUT2D eigenvalue weighted by Crippen LogP contribution is 2.29. The third-order valence-electron chi connectivity index (χ3n) is 3.47. The average Bonchev–Trinajstić information content (AvgIpc) is 2.57. The number of hydrogen-bond donors (Lipinski definition) is 0. The first-order chi connectivity index (χ1) is 11.6. The number of carbonyl (C=O) groups excluding carboxylic acids is 1. The largest absolute Gasteiger partial charge is 0.493 e. The topological polar surface area (TPSA) is 65.7 Å². The summed E-state index contributed by atoms with van der Waals surface area (Å²) in [5, 5.41) is 1.30. The molecule has 0 saturated heterocycles. The molecule has 0 N–H and O–H groups in total. The highest BCUT2D eigenvalue weighted by molar-refractivity contribution is 9.09. The van der Waals surface area contributed by atoms with E-state index in [1.165, 1.54) is 6.07 Å². The minimum Gasteiger partial charge on any atom is -0.493 e. The summed E-state index contributed by atoms with van der Waals surface area (Å²) in [5.74, 6) is -0.0247. The van der Waals surface area contributed by atoms with Crippen molar-refractivity contribution in [1.29, 1.82) is 0 Å².